The molecular weight excluding hydrogens is 264 g/mol. The maximum Gasteiger partial charge on any atom is 0.228 e. The lowest BCUT2D eigenvalue weighted by Gasteiger charge is -2.25. The van der Waals surface area contributed by atoms with Crippen LogP contribution in [0.25, 0.3) is 0 Å². The molecule has 1 aliphatic rings. The van der Waals surface area contributed by atoms with Crippen LogP contribution in [-0.4, -0.2) is 38.4 Å². The van der Waals surface area contributed by atoms with Crippen molar-refractivity contribution >= 4 is 5.91 Å². The number of aromatic nitrogens is 3. The molecule has 0 bridgehead atoms. The molecule has 1 aliphatic heterocycles. The zero-order valence-electron chi connectivity index (χ0n) is 12.3. The Labute approximate surface area is 124 Å². The molecule has 2 heterocycles. The number of aryl methyl sites for hydroxylation is 1. The second kappa shape index (κ2) is 6.08. The van der Waals surface area contributed by atoms with Gasteiger partial charge < -0.3 is 4.90 Å². The third-order valence-corrected chi connectivity index (χ3v) is 4.15. The van der Waals surface area contributed by atoms with Gasteiger partial charge in [-0.2, -0.15) is 0 Å². The van der Waals surface area contributed by atoms with Gasteiger partial charge in [0.2, 0.25) is 5.91 Å². The van der Waals surface area contributed by atoms with E-state index >= 15 is 0 Å². The highest BCUT2D eigenvalue weighted by Crippen LogP contribution is 2.22. The minimum Gasteiger partial charge on any atom is -0.339 e. The summed E-state index contributed by atoms with van der Waals surface area (Å²) in [5.41, 5.74) is 2.16. The van der Waals surface area contributed by atoms with Crippen LogP contribution in [0.2, 0.25) is 0 Å². The van der Waals surface area contributed by atoms with Crippen molar-refractivity contribution in [2.45, 2.75) is 31.7 Å². The van der Waals surface area contributed by atoms with Gasteiger partial charge in [0.25, 0.3) is 0 Å². The maximum atomic E-state index is 12.5. The van der Waals surface area contributed by atoms with Crippen LogP contribution in [0.5, 0.6) is 0 Å². The van der Waals surface area contributed by atoms with E-state index in [2.05, 4.69) is 34.6 Å². The smallest absolute Gasteiger partial charge is 0.228 e. The highest BCUT2D eigenvalue weighted by atomic mass is 16.2. The summed E-state index contributed by atoms with van der Waals surface area (Å²) in [4.78, 5) is 14.6. The number of carbonyl (C=O) groups excluding carboxylic acids is 1. The zero-order chi connectivity index (χ0) is 14.7. The predicted molar refractivity (Wildman–Crippen MR) is 79.6 cm³/mol. The summed E-state index contributed by atoms with van der Waals surface area (Å²) in [5, 5.41) is 7.71. The monoisotopic (exact) mass is 284 g/mol. The van der Waals surface area contributed by atoms with Crippen molar-refractivity contribution in [1.29, 1.82) is 0 Å². The Hall–Kier alpha value is -2.17. The van der Waals surface area contributed by atoms with Gasteiger partial charge in [0.15, 0.2) is 0 Å². The summed E-state index contributed by atoms with van der Waals surface area (Å²) in [6.45, 7) is 0.863. The molecule has 1 saturated heterocycles. The van der Waals surface area contributed by atoms with E-state index in [1.54, 1.807) is 10.9 Å². The number of carbonyl (C=O) groups is 1. The van der Waals surface area contributed by atoms with E-state index in [9.17, 15) is 4.79 Å². The fourth-order valence-corrected chi connectivity index (χ4v) is 2.99. The number of likely N-dealkylation sites (tertiary alicyclic amines) is 1. The van der Waals surface area contributed by atoms with E-state index < -0.39 is 0 Å². The molecule has 1 unspecified atom stereocenters. The van der Waals surface area contributed by atoms with Crippen LogP contribution < -0.4 is 0 Å². The molecule has 0 N–H and O–H groups in total. The first-order chi connectivity index (χ1) is 10.2. The average Bonchev–Trinajstić information content (AvgIpc) is 3.10. The number of benzene rings is 1. The zero-order valence-corrected chi connectivity index (χ0v) is 12.3. The summed E-state index contributed by atoms with van der Waals surface area (Å²) >= 11 is 0. The molecule has 0 spiro atoms. The van der Waals surface area contributed by atoms with Crippen LogP contribution in [0.4, 0.5) is 0 Å². The van der Waals surface area contributed by atoms with E-state index in [4.69, 9.17) is 0 Å². The third-order valence-electron chi connectivity index (χ3n) is 4.15. The van der Waals surface area contributed by atoms with Crippen molar-refractivity contribution in [1.82, 2.24) is 19.9 Å². The van der Waals surface area contributed by atoms with Crippen LogP contribution in [-0.2, 0) is 24.7 Å². The fraction of sp³-hybridized carbons (Fsp3) is 0.438. The van der Waals surface area contributed by atoms with Gasteiger partial charge in [0, 0.05) is 19.6 Å². The Balaban J connectivity index is 1.66. The summed E-state index contributed by atoms with van der Waals surface area (Å²) in [6, 6.07) is 10.7. The van der Waals surface area contributed by atoms with Crippen LogP contribution in [0, 0.1) is 0 Å². The van der Waals surface area contributed by atoms with Crippen LogP contribution in [0.15, 0.2) is 36.5 Å². The van der Waals surface area contributed by atoms with Gasteiger partial charge in [-0.3, -0.25) is 9.48 Å². The van der Waals surface area contributed by atoms with Crippen molar-refractivity contribution in [3.63, 3.8) is 0 Å². The minimum atomic E-state index is 0.179. The quantitative estimate of drug-likeness (QED) is 0.856. The first kappa shape index (κ1) is 13.8. The second-order valence-corrected chi connectivity index (χ2v) is 5.60. The van der Waals surface area contributed by atoms with Crippen molar-refractivity contribution in [3.8, 4) is 0 Å². The molecule has 0 radical (unpaired) electrons. The van der Waals surface area contributed by atoms with E-state index in [1.807, 2.05) is 18.0 Å². The molecule has 5 heteroatoms. The fourth-order valence-electron chi connectivity index (χ4n) is 2.99. The third kappa shape index (κ3) is 3.12. The number of hydrogen-bond donors (Lipinski definition) is 0. The molecule has 1 aromatic heterocycles. The molecule has 0 aliphatic carbocycles. The summed E-state index contributed by atoms with van der Waals surface area (Å²) in [7, 11) is 1.82. The molecule has 1 amide bonds. The van der Waals surface area contributed by atoms with Crippen LogP contribution in [0.3, 0.4) is 0 Å². The SMILES string of the molecule is Cn1nncc1CC(=O)N1CCCC1Cc1ccccc1. The minimum absolute atomic E-state index is 0.179. The number of rotatable bonds is 4. The number of amides is 1. The topological polar surface area (TPSA) is 51.0 Å². The first-order valence-corrected chi connectivity index (χ1v) is 7.41. The molecule has 21 heavy (non-hydrogen) atoms. The second-order valence-electron chi connectivity index (χ2n) is 5.60. The van der Waals surface area contributed by atoms with Crippen LogP contribution >= 0.6 is 0 Å². The molecule has 2 aromatic rings. The molecule has 1 aromatic carbocycles. The molecule has 110 valence electrons. The Morgan fingerprint density at radius 1 is 1.33 bits per heavy atom. The van der Waals surface area contributed by atoms with E-state index in [0.29, 0.717) is 12.5 Å². The Bertz CT molecular complexity index is 608. The van der Waals surface area contributed by atoms with Gasteiger partial charge in [-0.25, -0.2) is 0 Å². The van der Waals surface area contributed by atoms with E-state index in [1.165, 1.54) is 5.56 Å². The highest BCUT2D eigenvalue weighted by molar-refractivity contribution is 5.79. The largest absolute Gasteiger partial charge is 0.339 e. The summed E-state index contributed by atoms with van der Waals surface area (Å²) < 4.78 is 1.67. The van der Waals surface area contributed by atoms with Gasteiger partial charge in [0.1, 0.15) is 0 Å². The van der Waals surface area contributed by atoms with Gasteiger partial charge in [-0.05, 0) is 24.8 Å². The Morgan fingerprint density at radius 3 is 2.86 bits per heavy atom. The molecule has 0 saturated carbocycles. The summed E-state index contributed by atoms with van der Waals surface area (Å²) in [5.74, 6) is 0.179. The van der Waals surface area contributed by atoms with Crippen LogP contribution in [0.1, 0.15) is 24.1 Å². The standard InChI is InChI=1S/C16H20N4O/c1-19-15(12-17-18-19)11-16(21)20-9-5-8-14(20)10-13-6-3-2-4-7-13/h2-4,6-7,12,14H,5,8-11H2,1H3. The average molecular weight is 284 g/mol. The van der Waals surface area contributed by atoms with Crippen molar-refractivity contribution in [2.75, 3.05) is 6.54 Å². The van der Waals surface area contributed by atoms with Gasteiger partial charge in [0.05, 0.1) is 18.3 Å². The van der Waals surface area contributed by atoms with Crippen molar-refractivity contribution < 1.29 is 4.79 Å². The number of nitrogens with zero attached hydrogens (tertiary/aromatic N) is 4. The number of hydrogen-bond acceptors (Lipinski definition) is 3. The molecular formula is C16H20N4O. The molecule has 3 rings (SSSR count). The maximum absolute atomic E-state index is 12.5. The normalized spacial score (nSPS) is 18.1. The molecule has 5 nitrogen and oxygen atoms in total. The lowest BCUT2D eigenvalue weighted by atomic mass is 10.0. The van der Waals surface area contributed by atoms with E-state index in [-0.39, 0.29) is 5.91 Å². The first-order valence-electron chi connectivity index (χ1n) is 7.41. The van der Waals surface area contributed by atoms with Gasteiger partial charge in [-0.15, -0.1) is 5.10 Å². The molecule has 1 fully saturated rings. The Kier molecular flexibility index (Phi) is 3.99. The predicted octanol–water partition coefficient (Wildman–Crippen LogP) is 1.59. The summed E-state index contributed by atoms with van der Waals surface area (Å²) in [6.07, 6.45) is 5.17. The van der Waals surface area contributed by atoms with Crippen molar-refractivity contribution in [3.05, 3.63) is 47.8 Å². The van der Waals surface area contributed by atoms with Gasteiger partial charge >= 0.3 is 0 Å². The lowest BCUT2D eigenvalue weighted by Crippen LogP contribution is -2.38. The van der Waals surface area contributed by atoms with Crippen molar-refractivity contribution in [2.24, 2.45) is 7.05 Å². The lowest BCUT2D eigenvalue weighted by molar-refractivity contribution is -0.131. The molecule has 1 atom stereocenters. The Morgan fingerprint density at radius 2 is 2.14 bits per heavy atom. The highest BCUT2D eigenvalue weighted by Gasteiger charge is 2.29. The van der Waals surface area contributed by atoms with E-state index in [0.717, 1.165) is 31.5 Å². The van der Waals surface area contributed by atoms with Gasteiger partial charge in [-0.1, -0.05) is 35.5 Å².